The first-order valence-corrected chi connectivity index (χ1v) is 8.63. The van der Waals surface area contributed by atoms with Gasteiger partial charge < -0.3 is 9.88 Å². The van der Waals surface area contributed by atoms with Crippen LogP contribution >= 0.6 is 0 Å². The highest BCUT2D eigenvalue weighted by atomic mass is 15.3. The van der Waals surface area contributed by atoms with Crippen LogP contribution in [-0.2, 0) is 0 Å². The van der Waals surface area contributed by atoms with Gasteiger partial charge in [0.15, 0.2) is 5.82 Å². The Morgan fingerprint density at radius 3 is 3.20 bits per heavy atom. The summed E-state index contributed by atoms with van der Waals surface area (Å²) in [5.41, 5.74) is 4.21. The van der Waals surface area contributed by atoms with Crippen molar-refractivity contribution in [3.05, 3.63) is 48.3 Å². The molecule has 0 bridgehead atoms. The molecule has 126 valence electrons. The third-order valence-corrected chi connectivity index (χ3v) is 4.96. The van der Waals surface area contributed by atoms with Crippen molar-refractivity contribution in [1.82, 2.24) is 29.5 Å². The summed E-state index contributed by atoms with van der Waals surface area (Å²) in [5.74, 6) is 2.34. The van der Waals surface area contributed by atoms with Gasteiger partial charge >= 0.3 is 0 Å². The van der Waals surface area contributed by atoms with Gasteiger partial charge in [0, 0.05) is 31.4 Å². The van der Waals surface area contributed by atoms with Gasteiger partial charge in [0.05, 0.1) is 11.0 Å². The van der Waals surface area contributed by atoms with Crippen LogP contribution in [0, 0.1) is 6.92 Å². The number of H-pyrrole nitrogens is 1. The molecule has 4 aromatic rings. The number of benzene rings is 1. The summed E-state index contributed by atoms with van der Waals surface area (Å²) in [6.07, 6.45) is 7.63. The zero-order valence-corrected chi connectivity index (χ0v) is 14.1. The minimum absolute atomic E-state index is 0.367. The highest BCUT2D eigenvalue weighted by Crippen LogP contribution is 2.30. The van der Waals surface area contributed by atoms with Gasteiger partial charge in [-0.15, -0.1) is 10.2 Å². The van der Waals surface area contributed by atoms with E-state index in [1.165, 1.54) is 5.56 Å². The Morgan fingerprint density at radius 2 is 2.24 bits per heavy atom. The average Bonchev–Trinajstić information content (AvgIpc) is 3.27. The summed E-state index contributed by atoms with van der Waals surface area (Å²) in [5, 5.41) is 8.22. The first kappa shape index (κ1) is 14.4. The van der Waals surface area contributed by atoms with Gasteiger partial charge in [-0.25, -0.2) is 9.97 Å². The molecule has 1 saturated heterocycles. The van der Waals surface area contributed by atoms with Crippen LogP contribution in [0.4, 0.5) is 5.82 Å². The van der Waals surface area contributed by atoms with E-state index < -0.39 is 0 Å². The fourth-order valence-corrected chi connectivity index (χ4v) is 3.70. The summed E-state index contributed by atoms with van der Waals surface area (Å²) in [7, 11) is 0. The standard InChI is InChI=1S/C18H19N7/c1-12-4-5-14-15(9-12)22-16(21-14)13-3-2-7-24(10-13)17-18-23-20-11-25(18)8-6-19-17/h4-6,8-9,11,13H,2-3,7,10H2,1H3,(H,21,22)/t13-/m0/s1. The van der Waals surface area contributed by atoms with E-state index in [1.807, 2.05) is 10.6 Å². The summed E-state index contributed by atoms with van der Waals surface area (Å²) < 4.78 is 1.91. The molecule has 7 nitrogen and oxygen atoms in total. The average molecular weight is 333 g/mol. The maximum absolute atomic E-state index is 4.82. The number of aromatic nitrogens is 6. The maximum Gasteiger partial charge on any atom is 0.203 e. The van der Waals surface area contributed by atoms with Crippen LogP contribution < -0.4 is 4.90 Å². The van der Waals surface area contributed by atoms with Crippen molar-refractivity contribution >= 4 is 22.5 Å². The molecule has 1 atom stereocenters. The van der Waals surface area contributed by atoms with Crippen LogP contribution in [0.1, 0.15) is 30.1 Å². The lowest BCUT2D eigenvalue weighted by Gasteiger charge is -2.32. The minimum Gasteiger partial charge on any atom is -0.353 e. The molecule has 25 heavy (non-hydrogen) atoms. The number of aryl methyl sites for hydroxylation is 1. The van der Waals surface area contributed by atoms with E-state index in [-0.39, 0.29) is 0 Å². The maximum atomic E-state index is 4.82. The second-order valence-corrected chi connectivity index (χ2v) is 6.74. The number of aromatic amines is 1. The molecule has 0 amide bonds. The van der Waals surface area contributed by atoms with E-state index in [0.29, 0.717) is 5.92 Å². The SMILES string of the molecule is Cc1ccc2nc([C@H]3CCCN(c4nccn5cnnc45)C3)[nH]c2c1. The number of nitrogens with zero attached hydrogens (tertiary/aromatic N) is 6. The number of rotatable bonds is 2. The molecule has 1 aromatic carbocycles. The molecule has 0 spiro atoms. The molecule has 0 aliphatic carbocycles. The van der Waals surface area contributed by atoms with Crippen molar-refractivity contribution in [2.45, 2.75) is 25.7 Å². The van der Waals surface area contributed by atoms with Crippen LogP contribution in [0.2, 0.25) is 0 Å². The lowest BCUT2D eigenvalue weighted by Crippen LogP contribution is -2.35. The fraction of sp³-hybridized carbons (Fsp3) is 0.333. The lowest BCUT2D eigenvalue weighted by molar-refractivity contribution is 0.493. The van der Waals surface area contributed by atoms with Crippen LogP contribution in [-0.4, -0.2) is 42.6 Å². The van der Waals surface area contributed by atoms with Crippen molar-refractivity contribution in [1.29, 1.82) is 0 Å². The van der Waals surface area contributed by atoms with E-state index in [9.17, 15) is 0 Å². The summed E-state index contributed by atoms with van der Waals surface area (Å²) in [6, 6.07) is 6.35. The van der Waals surface area contributed by atoms with Crippen LogP contribution in [0.15, 0.2) is 36.9 Å². The number of hydrogen-bond donors (Lipinski definition) is 1. The van der Waals surface area contributed by atoms with Crippen molar-refractivity contribution < 1.29 is 0 Å². The number of fused-ring (bicyclic) bond motifs is 2. The van der Waals surface area contributed by atoms with Gasteiger partial charge in [-0.1, -0.05) is 6.07 Å². The number of hydrogen-bond acceptors (Lipinski definition) is 5. The minimum atomic E-state index is 0.367. The van der Waals surface area contributed by atoms with Crippen molar-refractivity contribution in [2.75, 3.05) is 18.0 Å². The predicted molar refractivity (Wildman–Crippen MR) is 95.8 cm³/mol. The van der Waals surface area contributed by atoms with Crippen molar-refractivity contribution in [3.63, 3.8) is 0 Å². The predicted octanol–water partition coefficient (Wildman–Crippen LogP) is 2.69. The quantitative estimate of drug-likeness (QED) is 0.610. The first-order valence-electron chi connectivity index (χ1n) is 8.63. The molecule has 3 aromatic heterocycles. The fourth-order valence-electron chi connectivity index (χ4n) is 3.70. The van der Waals surface area contributed by atoms with E-state index in [1.54, 1.807) is 12.5 Å². The van der Waals surface area contributed by atoms with Gasteiger partial charge in [-0.05, 0) is 37.5 Å². The molecule has 4 heterocycles. The van der Waals surface area contributed by atoms with Crippen LogP contribution in [0.5, 0.6) is 0 Å². The molecule has 0 radical (unpaired) electrons. The Bertz CT molecular complexity index is 1050. The van der Waals surface area contributed by atoms with Crippen LogP contribution in [0.25, 0.3) is 16.7 Å². The normalized spacial score (nSPS) is 18.3. The Balaban J connectivity index is 1.48. The lowest BCUT2D eigenvalue weighted by atomic mass is 9.97. The van der Waals surface area contributed by atoms with Crippen LogP contribution in [0.3, 0.4) is 0 Å². The molecule has 1 aliphatic heterocycles. The van der Waals surface area contributed by atoms with Crippen molar-refractivity contribution in [2.24, 2.45) is 0 Å². The second-order valence-electron chi connectivity index (χ2n) is 6.74. The first-order chi connectivity index (χ1) is 12.3. The van der Waals surface area contributed by atoms with Gasteiger partial charge in [-0.2, -0.15) is 0 Å². The summed E-state index contributed by atoms with van der Waals surface area (Å²) >= 11 is 0. The van der Waals surface area contributed by atoms with Gasteiger partial charge in [-0.3, -0.25) is 4.40 Å². The number of piperidine rings is 1. The Labute approximate surface area is 144 Å². The van der Waals surface area contributed by atoms with E-state index >= 15 is 0 Å². The van der Waals surface area contributed by atoms with E-state index in [4.69, 9.17) is 4.98 Å². The Morgan fingerprint density at radius 1 is 1.28 bits per heavy atom. The monoisotopic (exact) mass is 333 g/mol. The van der Waals surface area contributed by atoms with Gasteiger partial charge in [0.25, 0.3) is 0 Å². The highest BCUT2D eigenvalue weighted by Gasteiger charge is 2.26. The summed E-state index contributed by atoms with van der Waals surface area (Å²) in [6.45, 7) is 3.97. The topological polar surface area (TPSA) is 75.0 Å². The zero-order chi connectivity index (χ0) is 16.8. The molecular formula is C18H19N7. The van der Waals surface area contributed by atoms with E-state index in [0.717, 1.165) is 54.3 Å². The Kier molecular flexibility index (Phi) is 3.19. The Hall–Kier alpha value is -2.96. The molecule has 5 rings (SSSR count). The van der Waals surface area contributed by atoms with Gasteiger partial charge in [0.2, 0.25) is 5.65 Å². The molecule has 1 aliphatic rings. The molecule has 1 fully saturated rings. The van der Waals surface area contributed by atoms with Crippen molar-refractivity contribution in [3.8, 4) is 0 Å². The third-order valence-electron chi connectivity index (χ3n) is 4.96. The van der Waals surface area contributed by atoms with Gasteiger partial charge in [0.1, 0.15) is 12.2 Å². The number of nitrogens with one attached hydrogen (secondary N) is 1. The van der Waals surface area contributed by atoms with E-state index in [2.05, 4.69) is 50.2 Å². The molecule has 7 heteroatoms. The second kappa shape index (κ2) is 5.54. The number of anilines is 1. The highest BCUT2D eigenvalue weighted by molar-refractivity contribution is 5.76. The number of imidazole rings is 1. The molecule has 0 unspecified atom stereocenters. The zero-order valence-electron chi connectivity index (χ0n) is 14.1. The molecular weight excluding hydrogens is 314 g/mol. The smallest absolute Gasteiger partial charge is 0.203 e. The largest absolute Gasteiger partial charge is 0.353 e. The molecule has 0 saturated carbocycles. The summed E-state index contributed by atoms with van der Waals surface area (Å²) in [4.78, 5) is 15.2. The third kappa shape index (κ3) is 2.43. The molecule has 1 N–H and O–H groups in total.